The van der Waals surface area contributed by atoms with Crippen molar-refractivity contribution >= 4 is 121 Å². The number of hydrazine groups is 1. The van der Waals surface area contributed by atoms with Crippen LogP contribution in [0.2, 0.25) is 0 Å². The van der Waals surface area contributed by atoms with E-state index < -0.39 is 183 Å². The van der Waals surface area contributed by atoms with Crippen molar-refractivity contribution in [3.8, 4) is 11.8 Å². The summed E-state index contributed by atoms with van der Waals surface area (Å²) in [5.41, 5.74) is 18.0. The lowest BCUT2D eigenvalue weighted by Crippen LogP contribution is -2.62. The van der Waals surface area contributed by atoms with Crippen LogP contribution in [0.5, 0.6) is 5.75 Å². The van der Waals surface area contributed by atoms with Crippen LogP contribution in [-0.2, 0) is 99.2 Å². The van der Waals surface area contributed by atoms with Crippen LogP contribution >= 0.6 is 12.2 Å². The summed E-state index contributed by atoms with van der Waals surface area (Å²) >= 11 is 4.45. The predicted octanol–water partition coefficient (Wildman–Crippen LogP) is 2.11. The maximum Gasteiger partial charge on any atom is 0.417 e. The molecule has 704 valence electrons. The molecule has 22 N–H and O–H groups in total. The number of hydrogen-bond donors (Lipinski definition) is 19. The zero-order valence-corrected chi connectivity index (χ0v) is 74.0. The number of sulfone groups is 1. The van der Waals surface area contributed by atoms with Crippen molar-refractivity contribution in [3.05, 3.63) is 179 Å². The highest BCUT2D eigenvalue weighted by Crippen LogP contribution is 2.34. The Balaban J connectivity index is 0.000000477. The Bertz CT molecular complexity index is 5380. The first-order valence-electron chi connectivity index (χ1n) is 41.3. The van der Waals surface area contributed by atoms with Crippen molar-refractivity contribution < 1.29 is 104 Å². The molecule has 0 bridgehead atoms. The molecule has 131 heavy (non-hydrogen) atoms. The molecule has 13 amide bonds. The molecule has 0 aliphatic carbocycles. The lowest BCUT2D eigenvalue weighted by Gasteiger charge is -2.31. The fourth-order valence-electron chi connectivity index (χ4n) is 13.5. The minimum Gasteiger partial charge on any atom is -0.508 e. The number of aliphatic imine (C=N–C) groups is 2. The first kappa shape index (κ1) is 104. The number of imidazole rings is 1. The minimum atomic E-state index is -4.86. The number of phenols is 1. The van der Waals surface area contributed by atoms with Crippen LogP contribution in [-0.4, -0.2) is 230 Å². The van der Waals surface area contributed by atoms with E-state index in [0.717, 1.165) is 56.3 Å². The van der Waals surface area contributed by atoms with Gasteiger partial charge >= 0.3 is 12.2 Å². The van der Waals surface area contributed by atoms with E-state index in [2.05, 4.69) is 102 Å². The third-order valence-electron chi connectivity index (χ3n) is 20.1. The molecule has 7 aromatic rings. The van der Waals surface area contributed by atoms with Crippen molar-refractivity contribution in [1.82, 2.24) is 73.2 Å². The normalized spacial score (nSPS) is 15.6. The van der Waals surface area contributed by atoms with E-state index in [-0.39, 0.29) is 105 Å². The quantitative estimate of drug-likeness (QED) is 0.00499. The van der Waals surface area contributed by atoms with Crippen LogP contribution in [0.1, 0.15) is 120 Å². The Kier molecular flexibility index (Phi) is 39.1. The number of rotatable bonds is 39. The Morgan fingerprint density at radius 1 is 0.710 bits per heavy atom. The van der Waals surface area contributed by atoms with Crippen LogP contribution < -0.4 is 75.9 Å². The Labute approximate surface area is 756 Å². The summed E-state index contributed by atoms with van der Waals surface area (Å²) in [6.07, 6.45) is 0.996. The highest BCUT2D eigenvalue weighted by molar-refractivity contribution is 7.91. The van der Waals surface area contributed by atoms with Crippen LogP contribution in [0.15, 0.2) is 155 Å². The number of H-pyrrole nitrogens is 2. The third kappa shape index (κ3) is 33.7. The number of nitrogens with zero attached hydrogens (tertiary/aromatic N) is 5. The number of aliphatic hydroxyl groups excluding tert-OH is 1. The second-order valence-corrected chi connectivity index (χ2v) is 34.3. The number of primary amides is 1. The lowest BCUT2D eigenvalue weighted by molar-refractivity contribution is -0.142. The Morgan fingerprint density at radius 3 is 1.91 bits per heavy atom. The number of likely N-dealkylation sites (tertiary alicyclic amines) is 1. The standard InChI is InChI=1S/C59H84N18O14.C18H14F4N2O4S.C9H9NS/c1-31(2)22-40(49(82)68-39(12-8-20-64-57(60)61)56(89)77-21-9-13-46(77)55(88)75-76-58(62)90)69-54(87)45(29-91-59(3,4)5)74-50(83)41(23-32-14-16-35(79)17-15-32)70-53(86)44(28-78)73-51(84)42(24-33-26-65-37-11-7-6-10-36(33)37)71-52(85)43(25-34-27-63-30-66-34)72-48(81)38-18-19-47(80)67-38;1-17(26,10-29(27,28)14-6-3-12(19)4-7-14)16(25)24-13-5-2-11(9-23)15(8-13)18(20,21)22;11-8-10-7-6-9-4-2-1-3-5-9/h6-7,10-11,14-17,26-27,30-31,38-46,65,78-79H,8-9,12-13,18-25,28-29H2,1-5H3,(H,63,66)(H,67,80)(H,68,82)(H,69,87)(H,70,86)(H,71,85)(H,72,81)(H,73,84)(H,74,83)(H,75,88)(H4,60,61,64)(H3,62,76,90);2-8,26H,10H2,1H3,(H,24,25);1-5H,6-7H2/t38-,39-,40-,41-,42-,43-,44-,45+,46-;;/m0../s1. The minimum absolute atomic E-state index is 0.00453. The largest absolute Gasteiger partial charge is 0.508 e. The molecule has 45 heteroatoms. The number of isothiocyanates is 1. The number of ether oxygens (including phenoxy) is 1. The van der Waals surface area contributed by atoms with Gasteiger partial charge in [-0.3, -0.25) is 63.2 Å². The maximum absolute atomic E-state index is 14.8. The number of thiocarbonyl (C=S) groups is 1. The lowest BCUT2D eigenvalue weighted by atomic mass is 10.0. The molecule has 10 atom stereocenters. The number of guanidine groups is 1. The first-order valence-corrected chi connectivity index (χ1v) is 43.3. The molecular formula is C86H107F4N21O18S2. The number of benzene rings is 5. The molecule has 5 aromatic carbocycles. The number of anilines is 1. The fourth-order valence-corrected chi connectivity index (χ4v) is 15.2. The maximum atomic E-state index is 14.8. The third-order valence-corrected chi connectivity index (χ3v) is 22.2. The number of aliphatic hydroxyl groups is 2. The second kappa shape index (κ2) is 49.1. The molecule has 2 saturated heterocycles. The van der Waals surface area contributed by atoms with Crippen molar-refractivity contribution in [2.45, 2.75) is 189 Å². The number of aromatic nitrogens is 3. The molecule has 4 heterocycles. The number of urea groups is 1. The van der Waals surface area contributed by atoms with E-state index in [1.165, 1.54) is 53.3 Å². The zero-order valence-electron chi connectivity index (χ0n) is 72.3. The van der Waals surface area contributed by atoms with Gasteiger partial charge in [0.1, 0.15) is 65.9 Å². The van der Waals surface area contributed by atoms with Crippen LogP contribution in [0.25, 0.3) is 10.9 Å². The Hall–Kier alpha value is -13.8. The summed E-state index contributed by atoms with van der Waals surface area (Å²) in [6, 6.07) is 16.9. The number of phenolic OH excluding ortho intramolecular Hbond substituents is 1. The summed E-state index contributed by atoms with van der Waals surface area (Å²) in [7, 11) is -4.21. The Morgan fingerprint density at radius 2 is 1.31 bits per heavy atom. The smallest absolute Gasteiger partial charge is 0.417 e. The molecule has 39 nitrogen and oxygen atoms in total. The van der Waals surface area contributed by atoms with Gasteiger partial charge in [-0.05, 0) is 168 Å². The number of nitriles is 1. The number of nitrogens with two attached hydrogens (primary N) is 3. The number of aromatic amines is 2. The van der Waals surface area contributed by atoms with Gasteiger partial charge in [0.25, 0.3) is 11.8 Å². The SMILES string of the molecule is CC(C)C[C@H](NC(=O)[C@@H](COC(C)(C)C)NC(=O)[C@H](Cc1ccc(O)cc1)NC(=O)[C@H](CO)NC(=O)[C@H](Cc1c[nH]c2ccccc12)NC(=O)[C@H](Cc1cnc[nH]1)NC(=O)[C@@H]1CCC(=O)N1)C(=O)N[C@@H](CCCN=C(N)N)C(=O)N1CCC[C@H]1C(=O)NNC(N)=O.CC(O)(CS(=O)(=O)c1ccc(F)cc1)C(=O)Nc1ccc(C#N)c(C(F)(F)F)c1.S=C=NCCc1ccccc1. The number of hydrogen-bond acceptors (Lipinski definition) is 23. The summed E-state index contributed by atoms with van der Waals surface area (Å²) < 4.78 is 82.7. The topological polar surface area (TPSA) is 616 Å². The van der Waals surface area contributed by atoms with Gasteiger partial charge in [-0.25, -0.2) is 33.0 Å². The monoisotopic (exact) mass is 1860 g/mol. The van der Waals surface area contributed by atoms with Gasteiger partial charge < -0.3 is 100.0 Å². The van der Waals surface area contributed by atoms with E-state index in [1.54, 1.807) is 65.1 Å². The van der Waals surface area contributed by atoms with Crippen LogP contribution in [0.3, 0.4) is 0 Å². The summed E-state index contributed by atoms with van der Waals surface area (Å²) in [6.45, 7) is 8.90. The number of aromatic hydroxyl groups is 1. The van der Waals surface area contributed by atoms with Crippen LogP contribution in [0.4, 0.5) is 28.0 Å². The number of fused-ring (bicyclic) bond motifs is 1. The average Bonchev–Trinajstić information content (AvgIpc) is 1.63. The molecule has 2 aromatic heterocycles. The predicted molar refractivity (Wildman–Crippen MR) is 472 cm³/mol. The van der Waals surface area contributed by atoms with Crippen LogP contribution in [0, 0.1) is 23.1 Å². The van der Waals surface area contributed by atoms with Crippen molar-refractivity contribution in [3.63, 3.8) is 0 Å². The van der Waals surface area contributed by atoms with Crippen molar-refractivity contribution in [2.24, 2.45) is 33.1 Å². The van der Waals surface area contributed by atoms with Gasteiger partial charge in [0, 0.05) is 73.5 Å². The molecule has 2 aliphatic heterocycles. The van der Waals surface area contributed by atoms with Gasteiger partial charge in [-0.15, -0.1) is 0 Å². The summed E-state index contributed by atoms with van der Waals surface area (Å²) in [5.74, 6) is -11.6. The van der Waals surface area contributed by atoms with E-state index in [4.69, 9.17) is 27.2 Å². The number of para-hydroxylation sites is 1. The number of carbonyl (C=O) groups is 12. The van der Waals surface area contributed by atoms with Gasteiger partial charge in [0.2, 0.25) is 53.2 Å². The summed E-state index contributed by atoms with van der Waals surface area (Å²) in [5, 5.41) is 66.2. The summed E-state index contributed by atoms with van der Waals surface area (Å²) in [4.78, 5) is 183. The highest BCUT2D eigenvalue weighted by Gasteiger charge is 2.43. The number of nitrogens with one attached hydrogen (secondary N) is 13. The van der Waals surface area contributed by atoms with Gasteiger partial charge in [0.05, 0.1) is 64.7 Å². The first-order chi connectivity index (χ1) is 61.9. The van der Waals surface area contributed by atoms with E-state index in [0.29, 0.717) is 40.2 Å². The molecular weight excluding hydrogens is 1760 g/mol. The fraction of sp³-hybridized carbons (Fsp3) is 0.419. The molecule has 2 aliphatic rings. The van der Waals surface area contributed by atoms with E-state index in [1.807, 2.05) is 28.9 Å². The van der Waals surface area contributed by atoms with Gasteiger partial charge in [0.15, 0.2) is 21.4 Å². The molecule has 0 spiro atoms. The van der Waals surface area contributed by atoms with Gasteiger partial charge in [-0.1, -0.05) is 74.5 Å². The van der Waals surface area contributed by atoms with E-state index in [9.17, 15) is 98.8 Å². The number of carbonyl (C=O) groups excluding carboxylic acids is 12. The molecule has 1 unspecified atom stereocenters. The highest BCUT2D eigenvalue weighted by atomic mass is 32.2. The zero-order chi connectivity index (χ0) is 96.5. The van der Waals surface area contributed by atoms with Crippen molar-refractivity contribution in [2.75, 3.05) is 43.9 Å². The molecule has 0 saturated carbocycles. The molecule has 9 rings (SSSR count). The second-order valence-electron chi connectivity index (χ2n) is 32.2. The van der Waals surface area contributed by atoms with E-state index >= 15 is 0 Å². The number of amides is 13. The number of halogens is 4. The average molecular weight is 1860 g/mol. The molecule has 2 fully saturated rings. The number of alkyl halides is 3. The molecule has 0 radical (unpaired) electrons. The van der Waals surface area contributed by atoms with Gasteiger partial charge in [-0.2, -0.15) is 18.4 Å². The van der Waals surface area contributed by atoms with Crippen molar-refractivity contribution in [1.29, 1.82) is 5.26 Å².